The molecule has 3 heterocycles. The maximum absolute atomic E-state index is 10.0. The summed E-state index contributed by atoms with van der Waals surface area (Å²) in [5, 5.41) is 13.8. The highest BCUT2D eigenvalue weighted by molar-refractivity contribution is 5.42. The Labute approximate surface area is 123 Å². The number of hydrogen-bond donors (Lipinski definition) is 1. The number of anilines is 1. The molecule has 1 fully saturated rings. The molecule has 3 rings (SSSR count). The van der Waals surface area contributed by atoms with Crippen molar-refractivity contribution < 1.29 is 9.63 Å². The van der Waals surface area contributed by atoms with Gasteiger partial charge in [-0.1, -0.05) is 19.0 Å². The molecule has 2 atom stereocenters. The molecule has 0 amide bonds. The summed E-state index contributed by atoms with van der Waals surface area (Å²) in [7, 11) is 0. The third-order valence-electron chi connectivity index (χ3n) is 3.58. The van der Waals surface area contributed by atoms with E-state index in [0.717, 1.165) is 11.6 Å². The summed E-state index contributed by atoms with van der Waals surface area (Å²) < 4.78 is 5.27. The lowest BCUT2D eigenvalue weighted by atomic mass is 10.2. The van der Waals surface area contributed by atoms with E-state index in [1.54, 1.807) is 13.1 Å². The fraction of sp³-hybridized carbons (Fsp3) is 0.571. The number of rotatable bonds is 3. The second kappa shape index (κ2) is 5.40. The molecular weight excluding hydrogens is 270 g/mol. The zero-order valence-electron chi connectivity index (χ0n) is 12.4. The van der Waals surface area contributed by atoms with Gasteiger partial charge < -0.3 is 14.5 Å². The van der Waals surface area contributed by atoms with Crippen molar-refractivity contribution in [3.05, 3.63) is 29.8 Å². The van der Waals surface area contributed by atoms with Crippen LogP contribution < -0.4 is 4.90 Å². The van der Waals surface area contributed by atoms with E-state index < -0.39 is 6.10 Å². The lowest BCUT2D eigenvalue weighted by Crippen LogP contribution is -2.26. The molecule has 0 spiro atoms. The molecular formula is C14H19N5O2. The van der Waals surface area contributed by atoms with Gasteiger partial charge in [0.2, 0.25) is 5.89 Å². The number of aliphatic hydroxyl groups excluding tert-OH is 1. The normalized spacial score (nSPS) is 22.2. The van der Waals surface area contributed by atoms with Gasteiger partial charge in [0.25, 0.3) is 0 Å². The van der Waals surface area contributed by atoms with Crippen LogP contribution in [0.5, 0.6) is 0 Å². The van der Waals surface area contributed by atoms with Crippen LogP contribution in [0.25, 0.3) is 0 Å². The second-order valence-corrected chi connectivity index (χ2v) is 5.67. The van der Waals surface area contributed by atoms with Gasteiger partial charge in [0.05, 0.1) is 6.10 Å². The minimum absolute atomic E-state index is 0.142. The topological polar surface area (TPSA) is 88.2 Å². The van der Waals surface area contributed by atoms with Crippen molar-refractivity contribution in [2.24, 2.45) is 0 Å². The summed E-state index contributed by atoms with van der Waals surface area (Å²) in [4.78, 5) is 15.2. The summed E-state index contributed by atoms with van der Waals surface area (Å²) in [6, 6.07) is 1.70. The van der Waals surface area contributed by atoms with E-state index >= 15 is 0 Å². The van der Waals surface area contributed by atoms with Gasteiger partial charge in [-0.3, -0.25) is 0 Å². The van der Waals surface area contributed by atoms with Crippen molar-refractivity contribution in [2.45, 2.75) is 45.3 Å². The molecule has 0 aromatic carbocycles. The average molecular weight is 289 g/mol. The summed E-state index contributed by atoms with van der Waals surface area (Å²) in [5.41, 5.74) is 0. The predicted octanol–water partition coefficient (Wildman–Crippen LogP) is 1.60. The molecule has 0 unspecified atom stereocenters. The molecule has 112 valence electrons. The molecule has 0 bridgehead atoms. The maximum atomic E-state index is 10.0. The number of hydrogen-bond acceptors (Lipinski definition) is 7. The van der Waals surface area contributed by atoms with Crippen LogP contribution >= 0.6 is 0 Å². The van der Waals surface area contributed by atoms with Crippen molar-refractivity contribution in [2.75, 3.05) is 11.4 Å². The van der Waals surface area contributed by atoms with Crippen LogP contribution in [0.2, 0.25) is 0 Å². The first-order valence-corrected chi connectivity index (χ1v) is 7.12. The molecule has 1 saturated heterocycles. The fourth-order valence-corrected chi connectivity index (χ4v) is 2.55. The SMILES string of the molecule is Cc1noc([C@H]2C[C@H](O)CN2c2ccnc(C(C)C)n2)n1. The van der Waals surface area contributed by atoms with E-state index in [4.69, 9.17) is 4.52 Å². The quantitative estimate of drug-likeness (QED) is 0.918. The molecule has 21 heavy (non-hydrogen) atoms. The molecule has 1 N–H and O–H groups in total. The Bertz CT molecular complexity index is 627. The fourth-order valence-electron chi connectivity index (χ4n) is 2.55. The Morgan fingerprint density at radius 2 is 2.19 bits per heavy atom. The van der Waals surface area contributed by atoms with Gasteiger partial charge in [-0.05, 0) is 13.0 Å². The van der Waals surface area contributed by atoms with Crippen LogP contribution in [0.3, 0.4) is 0 Å². The van der Waals surface area contributed by atoms with Crippen molar-refractivity contribution in [1.82, 2.24) is 20.1 Å². The molecule has 7 heteroatoms. The third kappa shape index (κ3) is 2.73. The maximum Gasteiger partial charge on any atom is 0.249 e. The summed E-state index contributed by atoms with van der Waals surface area (Å²) in [5.74, 6) is 2.94. The van der Waals surface area contributed by atoms with E-state index in [9.17, 15) is 5.11 Å². The summed E-state index contributed by atoms with van der Waals surface area (Å²) in [6.45, 7) is 6.39. The molecule has 1 aliphatic heterocycles. The highest BCUT2D eigenvalue weighted by Gasteiger charge is 2.36. The molecule has 1 aliphatic rings. The van der Waals surface area contributed by atoms with Crippen LogP contribution in [0.1, 0.15) is 49.8 Å². The largest absolute Gasteiger partial charge is 0.391 e. The number of aliphatic hydroxyl groups is 1. The number of β-amino-alcohol motifs (C(OH)–C–C–N with tert-alkyl or cyclic N) is 1. The van der Waals surface area contributed by atoms with Gasteiger partial charge in [0, 0.05) is 25.1 Å². The summed E-state index contributed by atoms with van der Waals surface area (Å²) in [6.07, 6.45) is 1.88. The van der Waals surface area contributed by atoms with Gasteiger partial charge >= 0.3 is 0 Å². The standard InChI is InChI=1S/C14H19N5O2/c1-8(2)13-15-5-4-12(17-13)19-7-10(20)6-11(19)14-16-9(3)18-21-14/h4-5,8,10-11,20H,6-7H2,1-3H3/t10-,11+/m0/s1. The Balaban J connectivity index is 1.93. The zero-order valence-corrected chi connectivity index (χ0v) is 12.4. The summed E-state index contributed by atoms with van der Waals surface area (Å²) >= 11 is 0. The van der Waals surface area contributed by atoms with Crippen molar-refractivity contribution in [3.8, 4) is 0 Å². The van der Waals surface area contributed by atoms with E-state index in [2.05, 4.69) is 34.0 Å². The average Bonchev–Trinajstić information content (AvgIpc) is 3.05. The number of aromatic nitrogens is 4. The minimum atomic E-state index is -0.431. The lowest BCUT2D eigenvalue weighted by molar-refractivity contribution is 0.191. The first-order valence-electron chi connectivity index (χ1n) is 7.12. The molecule has 0 saturated carbocycles. The third-order valence-corrected chi connectivity index (χ3v) is 3.58. The van der Waals surface area contributed by atoms with Crippen LogP contribution in [0.15, 0.2) is 16.8 Å². The van der Waals surface area contributed by atoms with Gasteiger partial charge in [-0.25, -0.2) is 9.97 Å². The van der Waals surface area contributed by atoms with Crippen LogP contribution in [-0.4, -0.2) is 37.9 Å². The molecule has 2 aromatic heterocycles. The van der Waals surface area contributed by atoms with E-state index in [-0.39, 0.29) is 12.0 Å². The van der Waals surface area contributed by atoms with Crippen molar-refractivity contribution in [3.63, 3.8) is 0 Å². The second-order valence-electron chi connectivity index (χ2n) is 5.67. The van der Waals surface area contributed by atoms with Gasteiger partial charge in [0.1, 0.15) is 17.7 Å². The number of nitrogens with zero attached hydrogens (tertiary/aromatic N) is 5. The first kappa shape index (κ1) is 13.9. The Morgan fingerprint density at radius 3 is 2.86 bits per heavy atom. The predicted molar refractivity (Wildman–Crippen MR) is 75.9 cm³/mol. The first-order chi connectivity index (χ1) is 10.0. The van der Waals surface area contributed by atoms with Crippen molar-refractivity contribution >= 4 is 5.82 Å². The van der Waals surface area contributed by atoms with E-state index in [1.165, 1.54) is 0 Å². The Morgan fingerprint density at radius 1 is 1.38 bits per heavy atom. The van der Waals surface area contributed by atoms with Gasteiger partial charge in [-0.2, -0.15) is 4.98 Å². The van der Waals surface area contributed by atoms with E-state index in [0.29, 0.717) is 24.7 Å². The van der Waals surface area contributed by atoms with Gasteiger partial charge in [0.15, 0.2) is 5.82 Å². The molecule has 2 aromatic rings. The monoisotopic (exact) mass is 289 g/mol. The minimum Gasteiger partial charge on any atom is -0.391 e. The smallest absolute Gasteiger partial charge is 0.249 e. The van der Waals surface area contributed by atoms with Gasteiger partial charge in [-0.15, -0.1) is 0 Å². The highest BCUT2D eigenvalue weighted by atomic mass is 16.5. The van der Waals surface area contributed by atoms with Crippen LogP contribution in [0.4, 0.5) is 5.82 Å². The number of aryl methyl sites for hydroxylation is 1. The van der Waals surface area contributed by atoms with Crippen molar-refractivity contribution in [1.29, 1.82) is 0 Å². The Kier molecular flexibility index (Phi) is 3.59. The van der Waals surface area contributed by atoms with Crippen LogP contribution in [0, 0.1) is 6.92 Å². The van der Waals surface area contributed by atoms with Crippen LogP contribution in [-0.2, 0) is 0 Å². The molecule has 0 aliphatic carbocycles. The zero-order chi connectivity index (χ0) is 15.0. The lowest BCUT2D eigenvalue weighted by Gasteiger charge is -2.23. The molecule has 7 nitrogen and oxygen atoms in total. The highest BCUT2D eigenvalue weighted by Crippen LogP contribution is 2.34. The van der Waals surface area contributed by atoms with E-state index in [1.807, 2.05) is 11.0 Å². The Hall–Kier alpha value is -2.02. The molecule has 0 radical (unpaired) electrons.